The number of unbranched alkanes of at least 4 members (excludes halogenated alkanes) is 2. The molecule has 154 valence electrons. The Morgan fingerprint density at radius 3 is 1.54 bits per heavy atom. The summed E-state index contributed by atoms with van der Waals surface area (Å²) >= 11 is 0. The predicted octanol–water partition coefficient (Wildman–Crippen LogP) is 3.69. The van der Waals surface area contributed by atoms with Crippen molar-refractivity contribution in [1.29, 1.82) is 0 Å². The van der Waals surface area contributed by atoms with Crippen LogP contribution in [-0.2, 0) is 27.2 Å². The fourth-order valence-corrected chi connectivity index (χ4v) is 3.05. The first-order valence-corrected chi connectivity index (χ1v) is 11.3. The maximum Gasteiger partial charge on any atom is 0.700 e. The topological polar surface area (TPSA) is 71.1 Å². The molecule has 0 bridgehead atoms. The summed E-state index contributed by atoms with van der Waals surface area (Å²) in [5.74, 6) is 0. The molecular formula is C16H38N2O6P2+4. The second-order valence-corrected chi connectivity index (χ2v) is 10.1. The van der Waals surface area contributed by atoms with Crippen molar-refractivity contribution < 1.29 is 36.2 Å². The second kappa shape index (κ2) is 13.2. The van der Waals surface area contributed by atoms with Crippen LogP contribution in [0.2, 0.25) is 0 Å². The van der Waals surface area contributed by atoms with Gasteiger partial charge in [-0.2, -0.15) is 0 Å². The molecular weight excluding hydrogens is 378 g/mol. The molecule has 0 fully saturated rings. The van der Waals surface area contributed by atoms with Gasteiger partial charge in [-0.25, -0.2) is 0 Å². The summed E-state index contributed by atoms with van der Waals surface area (Å²) in [7, 11) is 7.46. The Bertz CT molecular complexity index is 390. The first-order chi connectivity index (χ1) is 11.9. The summed E-state index contributed by atoms with van der Waals surface area (Å²) in [5, 5.41) is 0. The Morgan fingerprint density at radius 1 is 0.769 bits per heavy atom. The van der Waals surface area contributed by atoms with E-state index in [0.29, 0.717) is 41.7 Å². The number of nitrogens with zero attached hydrogens (tertiary/aromatic N) is 2. The lowest BCUT2D eigenvalue weighted by molar-refractivity contribution is -0.870. The summed E-state index contributed by atoms with van der Waals surface area (Å²) in [6, 6.07) is 0. The molecule has 0 aromatic carbocycles. The smallest absolute Gasteiger partial charge is 0.329 e. The minimum Gasteiger partial charge on any atom is -0.329 e. The highest BCUT2D eigenvalue weighted by molar-refractivity contribution is 7.34. The third kappa shape index (κ3) is 17.4. The Kier molecular flexibility index (Phi) is 13.2. The van der Waals surface area contributed by atoms with E-state index in [2.05, 4.69) is 6.92 Å². The lowest BCUT2D eigenvalue weighted by Crippen LogP contribution is -2.37. The van der Waals surface area contributed by atoms with Gasteiger partial charge in [0.2, 0.25) is 0 Å². The molecule has 0 aliphatic carbocycles. The molecule has 0 aromatic heterocycles. The van der Waals surface area contributed by atoms with E-state index in [9.17, 15) is 9.13 Å². The number of hydrogen-bond donors (Lipinski definition) is 0. The molecule has 26 heavy (non-hydrogen) atoms. The molecule has 0 spiro atoms. The van der Waals surface area contributed by atoms with E-state index < -0.39 is 22.8 Å². The average Bonchev–Trinajstić information content (AvgIpc) is 2.44. The van der Waals surface area contributed by atoms with Gasteiger partial charge >= 0.3 is 16.5 Å². The number of likely N-dealkylation sites (N-methyl/N-ethyl adjacent to an activating group) is 2. The van der Waals surface area contributed by atoms with Crippen molar-refractivity contribution in [1.82, 2.24) is 0 Å². The number of rotatable bonds is 16. The third-order valence-corrected chi connectivity index (χ3v) is 4.97. The van der Waals surface area contributed by atoms with Gasteiger partial charge in [-0.1, -0.05) is 28.8 Å². The van der Waals surface area contributed by atoms with Crippen molar-refractivity contribution in [3.63, 3.8) is 0 Å². The van der Waals surface area contributed by atoms with Crippen LogP contribution in [-0.4, -0.2) is 83.8 Å². The Labute approximate surface area is 160 Å². The van der Waals surface area contributed by atoms with E-state index in [1.165, 1.54) is 0 Å². The zero-order chi connectivity index (χ0) is 20.2. The minimum absolute atomic E-state index is 0.312. The summed E-state index contributed by atoms with van der Waals surface area (Å²) in [6.07, 6.45) is 2.48. The van der Waals surface area contributed by atoms with Gasteiger partial charge in [-0.15, -0.1) is 9.05 Å². The molecule has 0 rings (SSSR count). The molecule has 0 aliphatic heterocycles. The highest BCUT2D eigenvalue weighted by Gasteiger charge is 2.36. The van der Waals surface area contributed by atoms with Crippen molar-refractivity contribution in [2.45, 2.75) is 38.9 Å². The van der Waals surface area contributed by atoms with Crippen LogP contribution >= 0.6 is 16.5 Å². The van der Waals surface area contributed by atoms with Crippen molar-refractivity contribution in [2.75, 3.05) is 68.6 Å². The van der Waals surface area contributed by atoms with Crippen LogP contribution in [0.3, 0.4) is 0 Å². The fraction of sp³-hybridized carbons (Fsp3) is 1.00. The van der Waals surface area contributed by atoms with Crippen molar-refractivity contribution in [3.05, 3.63) is 0 Å². The number of quaternary nitrogens is 2. The molecule has 10 heteroatoms. The van der Waals surface area contributed by atoms with Crippen LogP contribution in [0.4, 0.5) is 0 Å². The van der Waals surface area contributed by atoms with E-state index >= 15 is 0 Å². The normalized spacial score (nSPS) is 15.0. The lowest BCUT2D eigenvalue weighted by Gasteiger charge is -2.21. The molecule has 0 aromatic rings. The maximum absolute atomic E-state index is 12.0. The SMILES string of the molecule is CCCCCC(O[P+](=O)OCC[N+](C)(C)C)O[P+](=O)OCC[N+](C)(C)C. The predicted molar refractivity (Wildman–Crippen MR) is 103 cm³/mol. The third-order valence-electron chi connectivity index (χ3n) is 3.37. The molecule has 2 atom stereocenters. The molecule has 2 unspecified atom stereocenters. The van der Waals surface area contributed by atoms with E-state index in [-0.39, 0.29) is 0 Å². The lowest BCUT2D eigenvalue weighted by atomic mass is 10.2. The monoisotopic (exact) mass is 416 g/mol. The zero-order valence-corrected chi connectivity index (χ0v) is 19.3. The van der Waals surface area contributed by atoms with Crippen LogP contribution in [0.25, 0.3) is 0 Å². The average molecular weight is 416 g/mol. The van der Waals surface area contributed by atoms with Gasteiger partial charge in [-0.3, -0.25) is 0 Å². The molecule has 0 N–H and O–H groups in total. The zero-order valence-electron chi connectivity index (χ0n) is 17.5. The van der Waals surface area contributed by atoms with Crippen LogP contribution in [0, 0.1) is 0 Å². The van der Waals surface area contributed by atoms with Crippen LogP contribution in [0.1, 0.15) is 32.6 Å². The summed E-state index contributed by atoms with van der Waals surface area (Å²) in [6.45, 7) is 4.11. The van der Waals surface area contributed by atoms with Crippen molar-refractivity contribution in [3.8, 4) is 0 Å². The molecule has 0 saturated carbocycles. The summed E-state index contributed by atoms with van der Waals surface area (Å²) in [4.78, 5) is 0. The number of hydrogen-bond acceptors (Lipinski definition) is 6. The first kappa shape index (κ1) is 26.0. The molecule has 0 heterocycles. The first-order valence-electron chi connectivity index (χ1n) is 9.08. The quantitative estimate of drug-likeness (QED) is 0.165. The Hall–Kier alpha value is -0.0400. The highest BCUT2D eigenvalue weighted by atomic mass is 31.1. The summed E-state index contributed by atoms with van der Waals surface area (Å²) in [5.41, 5.74) is 0. The standard InChI is InChI=1S/C16H38N2O6P2/c1-8-9-10-11-16(23-25(19)21-14-12-17(2,3)4)24-26(20)22-15-13-18(5,6)7/h16H,8-15H2,1-7H3/q+4. The van der Waals surface area contributed by atoms with Crippen LogP contribution in [0.5, 0.6) is 0 Å². The molecule has 0 saturated heterocycles. The van der Waals surface area contributed by atoms with Gasteiger partial charge in [0.05, 0.1) is 42.3 Å². The van der Waals surface area contributed by atoms with E-state index in [0.717, 1.165) is 19.3 Å². The van der Waals surface area contributed by atoms with Crippen molar-refractivity contribution >= 4 is 16.5 Å². The second-order valence-electron chi connectivity index (χ2n) is 8.28. The summed E-state index contributed by atoms with van der Waals surface area (Å²) < 4.78 is 46.4. The van der Waals surface area contributed by atoms with Gasteiger partial charge in [0, 0.05) is 15.6 Å². The molecule has 0 radical (unpaired) electrons. The van der Waals surface area contributed by atoms with Crippen LogP contribution in [0.15, 0.2) is 0 Å². The highest BCUT2D eigenvalue weighted by Crippen LogP contribution is 2.34. The van der Waals surface area contributed by atoms with Gasteiger partial charge in [0.25, 0.3) is 6.29 Å². The molecule has 8 nitrogen and oxygen atoms in total. The van der Waals surface area contributed by atoms with Gasteiger partial charge in [0.15, 0.2) is 13.2 Å². The fourth-order valence-electron chi connectivity index (χ4n) is 1.72. The van der Waals surface area contributed by atoms with Gasteiger partial charge < -0.3 is 8.97 Å². The largest absolute Gasteiger partial charge is 0.700 e. The van der Waals surface area contributed by atoms with Gasteiger partial charge in [0.1, 0.15) is 13.1 Å². The van der Waals surface area contributed by atoms with E-state index in [1.807, 2.05) is 42.3 Å². The Morgan fingerprint density at radius 2 is 1.19 bits per heavy atom. The maximum atomic E-state index is 12.0. The van der Waals surface area contributed by atoms with E-state index in [4.69, 9.17) is 18.1 Å². The van der Waals surface area contributed by atoms with Crippen LogP contribution < -0.4 is 0 Å². The molecule has 0 amide bonds. The molecule has 0 aliphatic rings. The minimum atomic E-state index is -2.33. The van der Waals surface area contributed by atoms with E-state index in [1.54, 1.807) is 0 Å². The Balaban J connectivity index is 4.36. The van der Waals surface area contributed by atoms with Gasteiger partial charge in [-0.05, 0) is 6.42 Å². The van der Waals surface area contributed by atoms with Crippen molar-refractivity contribution in [2.24, 2.45) is 0 Å².